The summed E-state index contributed by atoms with van der Waals surface area (Å²) in [5.41, 5.74) is 2.29. The highest BCUT2D eigenvalue weighted by molar-refractivity contribution is 7.14. The zero-order valence-electron chi connectivity index (χ0n) is 14.4. The molecule has 0 bridgehead atoms. The first kappa shape index (κ1) is 17.7. The van der Waals surface area contributed by atoms with E-state index in [0.29, 0.717) is 4.88 Å². The standard InChI is InChI=1S/C20H23NO3S/c1-14(15-8-4-2-5-9-15)21-19(22)13-24-20(23)18-12-16-10-6-3-7-11-17(16)25-18/h2,4-5,8-9,12,14H,3,6-7,10-11,13H2,1H3,(H,21,22)/t14-/m0/s1. The normalized spacial score (nSPS) is 14.9. The van der Waals surface area contributed by atoms with Gasteiger partial charge in [-0.2, -0.15) is 0 Å². The Kier molecular flexibility index (Phi) is 5.87. The number of carbonyl (C=O) groups is 2. The maximum atomic E-state index is 12.2. The Morgan fingerprint density at radius 1 is 1.16 bits per heavy atom. The van der Waals surface area contributed by atoms with Crippen molar-refractivity contribution < 1.29 is 14.3 Å². The van der Waals surface area contributed by atoms with Gasteiger partial charge >= 0.3 is 5.97 Å². The Labute approximate surface area is 152 Å². The Morgan fingerprint density at radius 2 is 1.92 bits per heavy atom. The molecule has 0 radical (unpaired) electrons. The zero-order valence-corrected chi connectivity index (χ0v) is 15.2. The number of hydrogen-bond acceptors (Lipinski definition) is 4. The first-order chi connectivity index (χ1) is 12.1. The van der Waals surface area contributed by atoms with Gasteiger partial charge in [0.1, 0.15) is 4.88 Å². The molecule has 0 aliphatic heterocycles. The highest BCUT2D eigenvalue weighted by Gasteiger charge is 2.18. The summed E-state index contributed by atoms with van der Waals surface area (Å²) in [5.74, 6) is -0.691. The lowest BCUT2D eigenvalue weighted by Gasteiger charge is -2.14. The first-order valence-electron chi connectivity index (χ1n) is 8.76. The molecule has 1 aromatic heterocycles. The molecule has 0 saturated carbocycles. The van der Waals surface area contributed by atoms with Crippen LogP contribution in [0, 0.1) is 0 Å². The number of benzene rings is 1. The number of hydrogen-bond donors (Lipinski definition) is 1. The van der Waals surface area contributed by atoms with Gasteiger partial charge in [0, 0.05) is 4.88 Å². The molecule has 132 valence electrons. The minimum atomic E-state index is -0.402. The third-order valence-corrected chi connectivity index (χ3v) is 5.68. The number of nitrogens with one attached hydrogen (secondary N) is 1. The second kappa shape index (κ2) is 8.30. The van der Waals surface area contributed by atoms with Gasteiger partial charge in [-0.15, -0.1) is 11.3 Å². The Morgan fingerprint density at radius 3 is 2.72 bits per heavy atom. The van der Waals surface area contributed by atoms with Crippen LogP contribution in [0.5, 0.6) is 0 Å². The lowest BCUT2D eigenvalue weighted by molar-refractivity contribution is -0.124. The van der Waals surface area contributed by atoms with Crippen molar-refractivity contribution in [2.45, 2.75) is 45.1 Å². The van der Waals surface area contributed by atoms with Gasteiger partial charge in [-0.3, -0.25) is 4.79 Å². The number of aryl methyl sites for hydroxylation is 2. The van der Waals surface area contributed by atoms with Gasteiger partial charge in [0.05, 0.1) is 6.04 Å². The molecular weight excluding hydrogens is 334 g/mol. The van der Waals surface area contributed by atoms with Gasteiger partial charge < -0.3 is 10.1 Å². The van der Waals surface area contributed by atoms with Gasteiger partial charge in [-0.25, -0.2) is 4.79 Å². The number of amides is 1. The van der Waals surface area contributed by atoms with E-state index in [1.54, 1.807) is 0 Å². The van der Waals surface area contributed by atoms with E-state index in [1.807, 2.05) is 43.3 Å². The minimum Gasteiger partial charge on any atom is -0.451 e. The molecule has 5 heteroatoms. The van der Waals surface area contributed by atoms with E-state index in [4.69, 9.17) is 4.74 Å². The van der Waals surface area contributed by atoms with E-state index >= 15 is 0 Å². The van der Waals surface area contributed by atoms with Crippen molar-refractivity contribution in [3.8, 4) is 0 Å². The molecule has 1 heterocycles. The topological polar surface area (TPSA) is 55.4 Å². The van der Waals surface area contributed by atoms with Crippen molar-refractivity contribution in [3.05, 3.63) is 57.3 Å². The summed E-state index contributed by atoms with van der Waals surface area (Å²) in [5, 5.41) is 2.85. The van der Waals surface area contributed by atoms with Gasteiger partial charge in [-0.05, 0) is 49.8 Å². The molecule has 0 fully saturated rings. The molecule has 0 spiro atoms. The van der Waals surface area contributed by atoms with E-state index in [0.717, 1.165) is 18.4 Å². The smallest absolute Gasteiger partial charge is 0.348 e. The van der Waals surface area contributed by atoms with Crippen molar-refractivity contribution in [2.24, 2.45) is 0 Å². The summed E-state index contributed by atoms with van der Waals surface area (Å²) in [6.45, 7) is 1.66. The van der Waals surface area contributed by atoms with Gasteiger partial charge in [-0.1, -0.05) is 36.8 Å². The molecule has 1 aromatic carbocycles. The van der Waals surface area contributed by atoms with Crippen LogP contribution in [0.25, 0.3) is 0 Å². The predicted molar refractivity (Wildman–Crippen MR) is 98.9 cm³/mol. The van der Waals surface area contributed by atoms with E-state index in [9.17, 15) is 9.59 Å². The van der Waals surface area contributed by atoms with Gasteiger partial charge in [0.25, 0.3) is 5.91 Å². The third kappa shape index (κ3) is 4.69. The summed E-state index contributed by atoms with van der Waals surface area (Å²) in [4.78, 5) is 26.1. The number of rotatable bonds is 5. The lowest BCUT2D eigenvalue weighted by Crippen LogP contribution is -2.31. The third-order valence-electron chi connectivity index (χ3n) is 4.46. The van der Waals surface area contributed by atoms with Crippen LogP contribution in [0.4, 0.5) is 0 Å². The number of ether oxygens (including phenoxy) is 1. The summed E-state index contributed by atoms with van der Waals surface area (Å²) >= 11 is 1.51. The van der Waals surface area contributed by atoms with Crippen LogP contribution >= 0.6 is 11.3 Å². The molecule has 1 amide bonds. The molecule has 1 N–H and O–H groups in total. The molecule has 1 aliphatic carbocycles. The van der Waals surface area contributed by atoms with Crippen molar-refractivity contribution in [2.75, 3.05) is 6.61 Å². The molecule has 1 atom stereocenters. The van der Waals surface area contributed by atoms with Gasteiger partial charge in [0.2, 0.25) is 0 Å². The SMILES string of the molecule is C[C@H](NC(=O)COC(=O)c1cc2c(s1)CCCCC2)c1ccccc1. The van der Waals surface area contributed by atoms with Crippen molar-refractivity contribution >= 4 is 23.2 Å². The summed E-state index contributed by atoms with van der Waals surface area (Å²) < 4.78 is 5.20. The number of fused-ring (bicyclic) bond motifs is 1. The molecule has 4 nitrogen and oxygen atoms in total. The lowest BCUT2D eigenvalue weighted by atomic mass is 10.1. The molecule has 0 saturated heterocycles. The average Bonchev–Trinajstić information content (AvgIpc) is 2.91. The molecule has 2 aromatic rings. The van der Waals surface area contributed by atoms with Crippen LogP contribution in [0.1, 0.15) is 57.9 Å². The maximum Gasteiger partial charge on any atom is 0.348 e. The fraction of sp³-hybridized carbons (Fsp3) is 0.400. The highest BCUT2D eigenvalue weighted by atomic mass is 32.1. The second-order valence-corrected chi connectivity index (χ2v) is 7.53. The van der Waals surface area contributed by atoms with E-state index in [1.165, 1.54) is 41.0 Å². The van der Waals surface area contributed by atoms with E-state index in [2.05, 4.69) is 5.32 Å². The Hall–Kier alpha value is -2.14. The predicted octanol–water partition coefficient (Wildman–Crippen LogP) is 4.05. The quantitative estimate of drug-likeness (QED) is 0.649. The number of esters is 1. The fourth-order valence-electron chi connectivity index (χ4n) is 3.08. The minimum absolute atomic E-state index is 0.120. The Balaban J connectivity index is 1.51. The molecule has 0 unspecified atom stereocenters. The van der Waals surface area contributed by atoms with Crippen LogP contribution in [-0.2, 0) is 22.4 Å². The van der Waals surface area contributed by atoms with Crippen molar-refractivity contribution in [1.29, 1.82) is 0 Å². The van der Waals surface area contributed by atoms with Crippen LogP contribution in [0.15, 0.2) is 36.4 Å². The number of carbonyl (C=O) groups excluding carboxylic acids is 2. The van der Waals surface area contributed by atoms with E-state index < -0.39 is 5.97 Å². The van der Waals surface area contributed by atoms with Crippen molar-refractivity contribution in [3.63, 3.8) is 0 Å². The highest BCUT2D eigenvalue weighted by Crippen LogP contribution is 2.29. The molecular formula is C20H23NO3S. The van der Waals surface area contributed by atoms with Crippen molar-refractivity contribution in [1.82, 2.24) is 5.32 Å². The molecule has 3 rings (SSSR count). The van der Waals surface area contributed by atoms with Crippen LogP contribution in [-0.4, -0.2) is 18.5 Å². The van der Waals surface area contributed by atoms with Crippen LogP contribution in [0.2, 0.25) is 0 Å². The fourth-order valence-corrected chi connectivity index (χ4v) is 4.23. The molecule has 25 heavy (non-hydrogen) atoms. The summed E-state index contributed by atoms with van der Waals surface area (Å²) in [6.07, 6.45) is 5.69. The second-order valence-electron chi connectivity index (χ2n) is 6.40. The van der Waals surface area contributed by atoms with Gasteiger partial charge in [0.15, 0.2) is 6.61 Å². The zero-order chi connectivity index (χ0) is 17.6. The molecule has 1 aliphatic rings. The number of thiophene rings is 1. The largest absolute Gasteiger partial charge is 0.451 e. The average molecular weight is 357 g/mol. The first-order valence-corrected chi connectivity index (χ1v) is 9.58. The monoisotopic (exact) mass is 357 g/mol. The van der Waals surface area contributed by atoms with E-state index in [-0.39, 0.29) is 18.6 Å². The maximum absolute atomic E-state index is 12.2. The van der Waals surface area contributed by atoms with Crippen LogP contribution < -0.4 is 5.32 Å². The Bertz CT molecular complexity index is 715. The summed E-state index contributed by atoms with van der Waals surface area (Å²) in [6, 6.07) is 11.5. The summed E-state index contributed by atoms with van der Waals surface area (Å²) in [7, 11) is 0. The van der Waals surface area contributed by atoms with Crippen LogP contribution in [0.3, 0.4) is 0 Å².